The van der Waals surface area contributed by atoms with Crippen LogP contribution in [0.15, 0.2) is 21.8 Å². The second-order valence-electron chi connectivity index (χ2n) is 4.43. The Kier molecular flexibility index (Phi) is 3.75. The standard InChI is InChI=1S/C12H15BrFN3O/c1-7-3-2-6-17(7)9-5-4-8(12(15)16-18)10(13)11(9)14/h4-5,7,18H,2-3,6H2,1H3,(H2,15,16). The van der Waals surface area contributed by atoms with E-state index in [1.54, 1.807) is 12.1 Å². The first-order valence-corrected chi connectivity index (χ1v) is 6.58. The zero-order valence-electron chi connectivity index (χ0n) is 10.0. The highest BCUT2D eigenvalue weighted by Crippen LogP contribution is 2.33. The van der Waals surface area contributed by atoms with Gasteiger partial charge in [0.05, 0.1) is 10.2 Å². The number of hydrogen-bond donors (Lipinski definition) is 2. The maximum Gasteiger partial charge on any atom is 0.171 e. The summed E-state index contributed by atoms with van der Waals surface area (Å²) in [5, 5.41) is 11.5. The number of rotatable bonds is 2. The summed E-state index contributed by atoms with van der Waals surface area (Å²) >= 11 is 3.17. The van der Waals surface area contributed by atoms with Gasteiger partial charge in [0.2, 0.25) is 0 Å². The van der Waals surface area contributed by atoms with Crippen molar-refractivity contribution in [3.05, 3.63) is 28.0 Å². The van der Waals surface area contributed by atoms with Crippen LogP contribution in [0, 0.1) is 5.82 Å². The Morgan fingerprint density at radius 3 is 2.89 bits per heavy atom. The van der Waals surface area contributed by atoms with Crippen molar-refractivity contribution in [3.8, 4) is 0 Å². The van der Waals surface area contributed by atoms with Crippen LogP contribution >= 0.6 is 15.9 Å². The Balaban J connectivity index is 2.43. The number of nitrogens with zero attached hydrogens (tertiary/aromatic N) is 2. The van der Waals surface area contributed by atoms with E-state index in [0.29, 0.717) is 17.3 Å². The van der Waals surface area contributed by atoms with E-state index in [4.69, 9.17) is 10.9 Å². The molecule has 0 radical (unpaired) electrons. The van der Waals surface area contributed by atoms with E-state index in [0.717, 1.165) is 19.4 Å². The fraction of sp³-hybridized carbons (Fsp3) is 0.417. The number of hydrogen-bond acceptors (Lipinski definition) is 3. The number of benzene rings is 1. The number of oxime groups is 1. The maximum atomic E-state index is 14.3. The van der Waals surface area contributed by atoms with Gasteiger partial charge in [-0.2, -0.15) is 0 Å². The van der Waals surface area contributed by atoms with Gasteiger partial charge in [-0.15, -0.1) is 0 Å². The maximum absolute atomic E-state index is 14.3. The normalized spacial score (nSPS) is 20.5. The van der Waals surface area contributed by atoms with Gasteiger partial charge in [0, 0.05) is 18.2 Å². The summed E-state index contributed by atoms with van der Waals surface area (Å²) in [4.78, 5) is 2.04. The third kappa shape index (κ3) is 2.16. The minimum absolute atomic E-state index is 0.109. The van der Waals surface area contributed by atoms with Gasteiger partial charge >= 0.3 is 0 Å². The molecule has 1 saturated heterocycles. The van der Waals surface area contributed by atoms with Crippen LogP contribution in [0.5, 0.6) is 0 Å². The summed E-state index contributed by atoms with van der Waals surface area (Å²) in [6.07, 6.45) is 2.14. The zero-order chi connectivity index (χ0) is 13.3. The molecule has 0 saturated carbocycles. The Labute approximate surface area is 113 Å². The first-order valence-electron chi connectivity index (χ1n) is 5.78. The van der Waals surface area contributed by atoms with Crippen molar-refractivity contribution in [2.45, 2.75) is 25.8 Å². The Hall–Kier alpha value is -1.30. The number of halogens is 2. The Morgan fingerprint density at radius 2 is 2.33 bits per heavy atom. The molecule has 0 spiro atoms. The number of anilines is 1. The predicted molar refractivity (Wildman–Crippen MR) is 72.7 cm³/mol. The highest BCUT2D eigenvalue weighted by atomic mass is 79.9. The molecule has 1 heterocycles. The Morgan fingerprint density at radius 1 is 1.61 bits per heavy atom. The van der Waals surface area contributed by atoms with Crippen LogP contribution in [0.1, 0.15) is 25.3 Å². The smallest absolute Gasteiger partial charge is 0.171 e. The quantitative estimate of drug-likeness (QED) is 0.382. The monoisotopic (exact) mass is 315 g/mol. The van der Waals surface area contributed by atoms with Gasteiger partial charge in [0.15, 0.2) is 11.7 Å². The molecule has 3 N–H and O–H groups in total. The molecule has 1 aromatic carbocycles. The topological polar surface area (TPSA) is 61.8 Å². The van der Waals surface area contributed by atoms with Crippen molar-refractivity contribution in [3.63, 3.8) is 0 Å². The molecule has 2 rings (SSSR count). The highest BCUT2D eigenvalue weighted by Gasteiger charge is 2.25. The molecule has 1 unspecified atom stereocenters. The minimum Gasteiger partial charge on any atom is -0.409 e. The zero-order valence-corrected chi connectivity index (χ0v) is 11.6. The van der Waals surface area contributed by atoms with Gasteiger partial charge in [0.1, 0.15) is 0 Å². The van der Waals surface area contributed by atoms with Crippen LogP contribution in [-0.4, -0.2) is 23.6 Å². The molecule has 4 nitrogen and oxygen atoms in total. The molecule has 1 atom stereocenters. The molecule has 0 bridgehead atoms. The van der Waals surface area contributed by atoms with E-state index < -0.39 is 0 Å². The molecular weight excluding hydrogens is 301 g/mol. The molecular formula is C12H15BrFN3O. The average Bonchev–Trinajstić information content (AvgIpc) is 2.78. The first kappa shape index (κ1) is 13.1. The average molecular weight is 316 g/mol. The van der Waals surface area contributed by atoms with E-state index in [1.165, 1.54) is 0 Å². The predicted octanol–water partition coefficient (Wildman–Crippen LogP) is 2.67. The van der Waals surface area contributed by atoms with E-state index in [9.17, 15) is 4.39 Å². The van der Waals surface area contributed by atoms with Crippen LogP contribution in [-0.2, 0) is 0 Å². The SMILES string of the molecule is CC1CCCN1c1ccc(/C(N)=N/O)c(Br)c1F. The summed E-state index contributed by atoms with van der Waals surface area (Å²) in [6, 6.07) is 3.67. The van der Waals surface area contributed by atoms with Crippen LogP contribution in [0.2, 0.25) is 0 Å². The van der Waals surface area contributed by atoms with E-state index in [-0.39, 0.29) is 16.1 Å². The molecule has 1 aliphatic rings. The van der Waals surface area contributed by atoms with E-state index in [2.05, 4.69) is 28.0 Å². The lowest BCUT2D eigenvalue weighted by molar-refractivity contribution is 0.318. The molecule has 1 fully saturated rings. The van der Waals surface area contributed by atoms with Gasteiger partial charge in [-0.25, -0.2) is 4.39 Å². The molecule has 1 aliphatic heterocycles. The van der Waals surface area contributed by atoms with Crippen molar-refractivity contribution in [1.82, 2.24) is 0 Å². The van der Waals surface area contributed by atoms with Gasteiger partial charge in [0.25, 0.3) is 0 Å². The highest BCUT2D eigenvalue weighted by molar-refractivity contribution is 9.10. The van der Waals surface area contributed by atoms with Crippen molar-refractivity contribution < 1.29 is 9.60 Å². The van der Waals surface area contributed by atoms with E-state index >= 15 is 0 Å². The number of amidine groups is 1. The van der Waals surface area contributed by atoms with Crippen molar-refractivity contribution in [2.24, 2.45) is 10.9 Å². The number of nitrogens with two attached hydrogens (primary N) is 1. The van der Waals surface area contributed by atoms with E-state index in [1.807, 2.05) is 4.90 Å². The van der Waals surface area contributed by atoms with Gasteiger partial charge in [-0.1, -0.05) is 5.16 Å². The van der Waals surface area contributed by atoms with Gasteiger partial charge in [-0.3, -0.25) is 0 Å². The molecule has 6 heteroatoms. The minimum atomic E-state index is -0.368. The molecule has 1 aromatic rings. The van der Waals surface area contributed by atoms with Crippen LogP contribution in [0.25, 0.3) is 0 Å². The summed E-state index contributed by atoms with van der Waals surface area (Å²) in [5.41, 5.74) is 6.39. The second-order valence-corrected chi connectivity index (χ2v) is 5.22. The third-order valence-electron chi connectivity index (χ3n) is 3.31. The summed E-state index contributed by atoms with van der Waals surface area (Å²) in [6.45, 7) is 2.94. The Bertz CT molecular complexity index is 492. The van der Waals surface area contributed by atoms with Gasteiger partial charge < -0.3 is 15.8 Å². The summed E-state index contributed by atoms with van der Waals surface area (Å²) in [7, 11) is 0. The molecule has 0 aliphatic carbocycles. The van der Waals surface area contributed by atoms with Crippen molar-refractivity contribution in [2.75, 3.05) is 11.4 Å². The van der Waals surface area contributed by atoms with Gasteiger partial charge in [-0.05, 0) is 47.8 Å². The fourth-order valence-electron chi connectivity index (χ4n) is 2.30. The molecule has 0 amide bonds. The lowest BCUT2D eigenvalue weighted by atomic mass is 10.1. The molecule has 0 aromatic heterocycles. The fourth-order valence-corrected chi connectivity index (χ4v) is 2.84. The lowest BCUT2D eigenvalue weighted by Gasteiger charge is -2.25. The van der Waals surface area contributed by atoms with Crippen molar-refractivity contribution in [1.29, 1.82) is 0 Å². The molecule has 98 valence electrons. The van der Waals surface area contributed by atoms with Crippen LogP contribution in [0.4, 0.5) is 10.1 Å². The largest absolute Gasteiger partial charge is 0.409 e. The third-order valence-corrected chi connectivity index (χ3v) is 4.08. The molecule has 18 heavy (non-hydrogen) atoms. The van der Waals surface area contributed by atoms with Crippen LogP contribution in [0.3, 0.4) is 0 Å². The summed E-state index contributed by atoms with van der Waals surface area (Å²) in [5.74, 6) is -0.477. The summed E-state index contributed by atoms with van der Waals surface area (Å²) < 4.78 is 14.5. The second kappa shape index (κ2) is 5.14. The first-order chi connectivity index (χ1) is 8.56. The van der Waals surface area contributed by atoms with Crippen molar-refractivity contribution >= 4 is 27.5 Å². The van der Waals surface area contributed by atoms with Crippen LogP contribution < -0.4 is 10.6 Å². The lowest BCUT2D eigenvalue weighted by Crippen LogP contribution is -2.27.